The van der Waals surface area contributed by atoms with Gasteiger partial charge in [-0.2, -0.15) is 5.26 Å². The number of rotatable bonds is 11. The standard InChI is InChI=1S/C26H33N3O4/c1-3-12-29(23-10-13-33-14-11-23)25-9-6-20(21(18-32-2)16-26(30)31)15-24(25)28-22-7-4-19(17-27)5-8-22/h4-9,15,21,23,28H,3,10-14,16,18H2,1-2H3,(H,30,31). The summed E-state index contributed by atoms with van der Waals surface area (Å²) in [7, 11) is 1.59. The molecular formula is C26H33N3O4. The van der Waals surface area contributed by atoms with Gasteiger partial charge in [0.25, 0.3) is 0 Å². The van der Waals surface area contributed by atoms with Crippen molar-refractivity contribution in [2.24, 2.45) is 0 Å². The molecule has 176 valence electrons. The van der Waals surface area contributed by atoms with Crippen molar-refractivity contribution in [3.8, 4) is 6.07 Å². The summed E-state index contributed by atoms with van der Waals surface area (Å²) >= 11 is 0. The summed E-state index contributed by atoms with van der Waals surface area (Å²) in [5.41, 5.74) is 4.40. The highest BCUT2D eigenvalue weighted by molar-refractivity contribution is 5.77. The van der Waals surface area contributed by atoms with E-state index in [9.17, 15) is 9.90 Å². The van der Waals surface area contributed by atoms with Gasteiger partial charge >= 0.3 is 5.97 Å². The molecule has 0 aliphatic carbocycles. The topological polar surface area (TPSA) is 94.8 Å². The van der Waals surface area contributed by atoms with Gasteiger partial charge in [0.1, 0.15) is 0 Å². The van der Waals surface area contributed by atoms with Gasteiger partial charge in [-0.05, 0) is 61.2 Å². The fourth-order valence-corrected chi connectivity index (χ4v) is 4.36. The number of hydrogen-bond donors (Lipinski definition) is 2. The van der Waals surface area contributed by atoms with E-state index in [-0.39, 0.29) is 12.3 Å². The number of methoxy groups -OCH3 is 1. The van der Waals surface area contributed by atoms with E-state index < -0.39 is 5.97 Å². The highest BCUT2D eigenvalue weighted by atomic mass is 16.5. The van der Waals surface area contributed by atoms with Gasteiger partial charge in [0.2, 0.25) is 0 Å². The molecule has 0 spiro atoms. The number of aliphatic carboxylic acids is 1. The summed E-state index contributed by atoms with van der Waals surface area (Å²) in [6, 6.07) is 16.0. The average Bonchev–Trinajstić information content (AvgIpc) is 2.83. The van der Waals surface area contributed by atoms with E-state index in [4.69, 9.17) is 14.7 Å². The zero-order valence-corrected chi connectivity index (χ0v) is 19.4. The van der Waals surface area contributed by atoms with Crippen LogP contribution in [0.5, 0.6) is 0 Å². The molecule has 7 nitrogen and oxygen atoms in total. The molecule has 0 radical (unpaired) electrons. The van der Waals surface area contributed by atoms with Crippen LogP contribution in [0.15, 0.2) is 42.5 Å². The van der Waals surface area contributed by atoms with Crippen molar-refractivity contribution < 1.29 is 19.4 Å². The van der Waals surface area contributed by atoms with Crippen LogP contribution in [0, 0.1) is 11.3 Å². The Labute approximate surface area is 195 Å². The van der Waals surface area contributed by atoms with E-state index in [2.05, 4.69) is 29.3 Å². The molecule has 2 aromatic rings. The van der Waals surface area contributed by atoms with Gasteiger partial charge in [-0.1, -0.05) is 13.0 Å². The Morgan fingerprint density at radius 2 is 2.00 bits per heavy atom. The monoisotopic (exact) mass is 451 g/mol. The minimum atomic E-state index is -0.849. The molecule has 1 unspecified atom stereocenters. The molecule has 1 atom stereocenters. The second kappa shape index (κ2) is 12.2. The van der Waals surface area contributed by atoms with Crippen LogP contribution in [-0.4, -0.2) is 50.6 Å². The van der Waals surface area contributed by atoms with Crippen LogP contribution >= 0.6 is 0 Å². The molecule has 1 saturated heterocycles. The first-order chi connectivity index (χ1) is 16.0. The molecule has 0 aromatic heterocycles. The molecule has 33 heavy (non-hydrogen) atoms. The third-order valence-electron chi connectivity index (χ3n) is 5.98. The summed E-state index contributed by atoms with van der Waals surface area (Å²) < 4.78 is 10.9. The van der Waals surface area contributed by atoms with Crippen molar-refractivity contribution in [2.75, 3.05) is 43.7 Å². The predicted molar refractivity (Wildman–Crippen MR) is 129 cm³/mol. The van der Waals surface area contributed by atoms with Gasteiger partial charge < -0.3 is 24.8 Å². The highest BCUT2D eigenvalue weighted by Gasteiger charge is 2.25. The first-order valence-electron chi connectivity index (χ1n) is 11.5. The van der Waals surface area contributed by atoms with Gasteiger partial charge in [0.15, 0.2) is 0 Å². The maximum atomic E-state index is 11.4. The number of carboxylic acid groups (broad SMARTS) is 1. The molecule has 1 aliphatic rings. The number of benzene rings is 2. The lowest BCUT2D eigenvalue weighted by molar-refractivity contribution is -0.137. The molecule has 0 saturated carbocycles. The lowest BCUT2D eigenvalue weighted by atomic mass is 9.94. The molecular weight excluding hydrogens is 418 g/mol. The van der Waals surface area contributed by atoms with Crippen LogP contribution in [-0.2, 0) is 14.3 Å². The zero-order valence-electron chi connectivity index (χ0n) is 19.4. The molecule has 3 rings (SSSR count). The lowest BCUT2D eigenvalue weighted by Gasteiger charge is -2.37. The average molecular weight is 452 g/mol. The van der Waals surface area contributed by atoms with E-state index in [1.165, 1.54) is 0 Å². The Morgan fingerprint density at radius 1 is 1.27 bits per heavy atom. The molecule has 0 amide bonds. The molecule has 1 aliphatic heterocycles. The molecule has 1 heterocycles. The van der Waals surface area contributed by atoms with E-state index >= 15 is 0 Å². The van der Waals surface area contributed by atoms with Crippen molar-refractivity contribution in [3.05, 3.63) is 53.6 Å². The van der Waals surface area contributed by atoms with Crippen LogP contribution in [0.3, 0.4) is 0 Å². The molecule has 2 N–H and O–H groups in total. The number of carboxylic acids is 1. The predicted octanol–water partition coefficient (Wildman–Crippen LogP) is 4.90. The van der Waals surface area contributed by atoms with Crippen LogP contribution in [0.4, 0.5) is 17.1 Å². The van der Waals surface area contributed by atoms with Crippen molar-refractivity contribution in [3.63, 3.8) is 0 Å². The lowest BCUT2D eigenvalue weighted by Crippen LogP contribution is -2.40. The Balaban J connectivity index is 2.01. The molecule has 2 aromatic carbocycles. The number of ether oxygens (including phenoxy) is 2. The number of anilines is 3. The quantitative estimate of drug-likeness (QED) is 0.502. The van der Waals surface area contributed by atoms with Gasteiger partial charge in [-0.15, -0.1) is 0 Å². The summed E-state index contributed by atoms with van der Waals surface area (Å²) in [4.78, 5) is 13.9. The van der Waals surface area contributed by atoms with Gasteiger partial charge in [0.05, 0.1) is 36.0 Å². The number of nitrogens with zero attached hydrogens (tertiary/aromatic N) is 2. The second-order valence-electron chi connectivity index (χ2n) is 8.38. The minimum Gasteiger partial charge on any atom is -0.481 e. The van der Waals surface area contributed by atoms with E-state index in [1.807, 2.05) is 24.3 Å². The Hall–Kier alpha value is -3.08. The van der Waals surface area contributed by atoms with Gasteiger partial charge in [-0.25, -0.2) is 0 Å². The smallest absolute Gasteiger partial charge is 0.304 e. The number of hydrogen-bond acceptors (Lipinski definition) is 6. The van der Waals surface area contributed by atoms with Crippen molar-refractivity contribution in [1.82, 2.24) is 0 Å². The summed E-state index contributed by atoms with van der Waals surface area (Å²) in [6.45, 7) is 4.95. The summed E-state index contributed by atoms with van der Waals surface area (Å²) in [6.07, 6.45) is 2.97. The fourth-order valence-electron chi connectivity index (χ4n) is 4.36. The maximum Gasteiger partial charge on any atom is 0.304 e. The molecule has 1 fully saturated rings. The molecule has 7 heteroatoms. The van der Waals surface area contributed by atoms with Crippen LogP contribution < -0.4 is 10.2 Å². The van der Waals surface area contributed by atoms with Crippen LogP contribution in [0.25, 0.3) is 0 Å². The third kappa shape index (κ3) is 6.70. The first-order valence-corrected chi connectivity index (χ1v) is 11.5. The zero-order chi connectivity index (χ0) is 23.6. The largest absolute Gasteiger partial charge is 0.481 e. The van der Waals surface area contributed by atoms with Gasteiger partial charge in [-0.3, -0.25) is 4.79 Å². The number of carbonyl (C=O) groups is 1. The summed E-state index contributed by atoms with van der Waals surface area (Å²) in [5, 5.41) is 22.0. The minimum absolute atomic E-state index is 0.00211. The number of nitriles is 1. The van der Waals surface area contributed by atoms with Gasteiger partial charge in [0, 0.05) is 44.5 Å². The van der Waals surface area contributed by atoms with Crippen molar-refractivity contribution in [1.29, 1.82) is 5.26 Å². The highest BCUT2D eigenvalue weighted by Crippen LogP contribution is 2.36. The Morgan fingerprint density at radius 3 is 2.61 bits per heavy atom. The van der Waals surface area contributed by atoms with E-state index in [0.29, 0.717) is 18.2 Å². The third-order valence-corrected chi connectivity index (χ3v) is 5.98. The van der Waals surface area contributed by atoms with Crippen LogP contribution in [0.2, 0.25) is 0 Å². The first kappa shape index (κ1) is 24.6. The fraction of sp³-hybridized carbons (Fsp3) is 0.462. The number of nitrogens with one attached hydrogen (secondary N) is 1. The second-order valence-corrected chi connectivity index (χ2v) is 8.38. The van der Waals surface area contributed by atoms with E-state index in [0.717, 1.165) is 61.6 Å². The normalized spacial score (nSPS) is 14.9. The Bertz CT molecular complexity index is 949. The van der Waals surface area contributed by atoms with Crippen LogP contribution in [0.1, 0.15) is 49.7 Å². The molecule has 0 bridgehead atoms. The SMILES string of the molecule is CCCN(c1ccc(C(COC)CC(=O)O)cc1Nc1ccc(C#N)cc1)C1CCOCC1. The van der Waals surface area contributed by atoms with E-state index in [1.54, 1.807) is 19.2 Å². The Kier molecular flexibility index (Phi) is 9.11. The van der Waals surface area contributed by atoms with Crippen molar-refractivity contribution >= 4 is 23.0 Å². The summed E-state index contributed by atoms with van der Waals surface area (Å²) in [5.74, 6) is -1.09. The van der Waals surface area contributed by atoms with Crippen molar-refractivity contribution in [2.45, 2.75) is 44.6 Å². The maximum absolute atomic E-state index is 11.4.